The molecule has 0 unspecified atom stereocenters. The molecular formula is C11H18ClN. The van der Waals surface area contributed by atoms with Crippen molar-refractivity contribution in [2.75, 3.05) is 19.0 Å². The Balaban J connectivity index is 0.000000671. The topological polar surface area (TPSA) is 3.24 Å². The SMILES string of the molecule is CC.Cc1ccc(N(C)C)cc1Cl. The van der Waals surface area contributed by atoms with Crippen LogP contribution in [0.25, 0.3) is 0 Å². The second kappa shape index (κ2) is 5.87. The molecule has 0 spiro atoms. The molecule has 0 aliphatic carbocycles. The summed E-state index contributed by atoms with van der Waals surface area (Å²) in [6.45, 7) is 6.00. The summed E-state index contributed by atoms with van der Waals surface area (Å²) < 4.78 is 0. The lowest BCUT2D eigenvalue weighted by Crippen LogP contribution is -2.08. The Labute approximate surface area is 86.3 Å². The molecule has 1 rings (SSSR count). The molecule has 0 aliphatic rings. The first-order valence-corrected chi connectivity index (χ1v) is 4.92. The maximum atomic E-state index is 5.93. The predicted molar refractivity (Wildman–Crippen MR) is 61.9 cm³/mol. The van der Waals surface area contributed by atoms with Crippen LogP contribution >= 0.6 is 11.6 Å². The highest BCUT2D eigenvalue weighted by molar-refractivity contribution is 6.31. The van der Waals surface area contributed by atoms with Gasteiger partial charge < -0.3 is 4.90 Å². The van der Waals surface area contributed by atoms with Crippen molar-refractivity contribution in [2.45, 2.75) is 20.8 Å². The lowest BCUT2D eigenvalue weighted by atomic mass is 10.2. The van der Waals surface area contributed by atoms with Gasteiger partial charge in [-0.3, -0.25) is 0 Å². The molecule has 0 N–H and O–H groups in total. The molecular weight excluding hydrogens is 182 g/mol. The quantitative estimate of drug-likeness (QED) is 0.666. The molecule has 0 bridgehead atoms. The highest BCUT2D eigenvalue weighted by Crippen LogP contribution is 2.21. The largest absolute Gasteiger partial charge is 0.378 e. The highest BCUT2D eigenvalue weighted by Gasteiger charge is 1.97. The molecule has 74 valence electrons. The molecule has 0 atom stereocenters. The molecule has 0 heterocycles. The van der Waals surface area contributed by atoms with E-state index in [2.05, 4.69) is 6.07 Å². The van der Waals surface area contributed by atoms with Gasteiger partial charge in [-0.25, -0.2) is 0 Å². The van der Waals surface area contributed by atoms with Crippen LogP contribution in [0.2, 0.25) is 5.02 Å². The Morgan fingerprint density at radius 3 is 2.08 bits per heavy atom. The van der Waals surface area contributed by atoms with Crippen LogP contribution in [-0.2, 0) is 0 Å². The summed E-state index contributed by atoms with van der Waals surface area (Å²) in [5.74, 6) is 0. The lowest BCUT2D eigenvalue weighted by Gasteiger charge is -2.12. The van der Waals surface area contributed by atoms with Crippen molar-refractivity contribution in [1.82, 2.24) is 0 Å². The molecule has 0 radical (unpaired) electrons. The van der Waals surface area contributed by atoms with Crippen LogP contribution in [0.15, 0.2) is 18.2 Å². The summed E-state index contributed by atoms with van der Waals surface area (Å²) >= 11 is 5.93. The summed E-state index contributed by atoms with van der Waals surface area (Å²) in [6, 6.07) is 6.05. The van der Waals surface area contributed by atoms with Crippen molar-refractivity contribution in [3.63, 3.8) is 0 Å². The van der Waals surface area contributed by atoms with E-state index in [-0.39, 0.29) is 0 Å². The van der Waals surface area contributed by atoms with Crippen LogP contribution in [0.3, 0.4) is 0 Å². The Kier molecular flexibility index (Phi) is 5.56. The molecule has 0 saturated carbocycles. The molecule has 1 aromatic rings. The van der Waals surface area contributed by atoms with Gasteiger partial charge in [0.1, 0.15) is 0 Å². The van der Waals surface area contributed by atoms with E-state index in [1.165, 1.54) is 0 Å². The third kappa shape index (κ3) is 3.69. The zero-order valence-electron chi connectivity index (χ0n) is 9.06. The first-order valence-electron chi connectivity index (χ1n) is 4.55. The smallest absolute Gasteiger partial charge is 0.0455 e. The first-order chi connectivity index (χ1) is 6.11. The van der Waals surface area contributed by atoms with Gasteiger partial charge >= 0.3 is 0 Å². The normalized spacial score (nSPS) is 8.77. The van der Waals surface area contributed by atoms with Gasteiger partial charge in [0, 0.05) is 24.8 Å². The third-order valence-electron chi connectivity index (χ3n) is 1.67. The number of anilines is 1. The van der Waals surface area contributed by atoms with E-state index in [4.69, 9.17) is 11.6 Å². The first kappa shape index (κ1) is 12.3. The Morgan fingerprint density at radius 2 is 1.69 bits per heavy atom. The van der Waals surface area contributed by atoms with Gasteiger partial charge in [0.05, 0.1) is 0 Å². The van der Waals surface area contributed by atoms with Gasteiger partial charge in [-0.1, -0.05) is 31.5 Å². The summed E-state index contributed by atoms with van der Waals surface area (Å²) in [7, 11) is 4.00. The van der Waals surface area contributed by atoms with Crippen LogP contribution in [0.1, 0.15) is 19.4 Å². The van der Waals surface area contributed by atoms with E-state index in [0.717, 1.165) is 16.3 Å². The summed E-state index contributed by atoms with van der Waals surface area (Å²) in [5.41, 5.74) is 2.26. The summed E-state index contributed by atoms with van der Waals surface area (Å²) in [4.78, 5) is 2.03. The van der Waals surface area contributed by atoms with E-state index in [0.29, 0.717) is 0 Å². The number of nitrogens with zero attached hydrogens (tertiary/aromatic N) is 1. The molecule has 2 heteroatoms. The lowest BCUT2D eigenvalue weighted by molar-refractivity contribution is 1.13. The van der Waals surface area contributed by atoms with Crippen molar-refractivity contribution in [3.05, 3.63) is 28.8 Å². The fourth-order valence-corrected chi connectivity index (χ4v) is 1.03. The van der Waals surface area contributed by atoms with Crippen molar-refractivity contribution in [2.24, 2.45) is 0 Å². The van der Waals surface area contributed by atoms with E-state index in [1.54, 1.807) is 0 Å². The fourth-order valence-electron chi connectivity index (χ4n) is 0.860. The predicted octanol–water partition coefficient (Wildman–Crippen LogP) is 3.74. The van der Waals surface area contributed by atoms with Gasteiger partial charge in [-0.15, -0.1) is 0 Å². The van der Waals surface area contributed by atoms with Crippen molar-refractivity contribution in [3.8, 4) is 0 Å². The zero-order valence-corrected chi connectivity index (χ0v) is 9.81. The average molecular weight is 200 g/mol. The second-order valence-corrected chi connectivity index (χ2v) is 3.24. The monoisotopic (exact) mass is 199 g/mol. The average Bonchev–Trinajstić information content (AvgIpc) is 2.13. The number of halogens is 1. The van der Waals surface area contributed by atoms with Crippen LogP contribution in [0.4, 0.5) is 5.69 Å². The maximum absolute atomic E-state index is 5.93. The summed E-state index contributed by atoms with van der Waals surface area (Å²) in [6.07, 6.45) is 0. The minimum atomic E-state index is 0.830. The molecule has 13 heavy (non-hydrogen) atoms. The number of hydrogen-bond acceptors (Lipinski definition) is 1. The van der Waals surface area contributed by atoms with Crippen molar-refractivity contribution >= 4 is 17.3 Å². The van der Waals surface area contributed by atoms with Gasteiger partial charge in [-0.05, 0) is 24.6 Å². The van der Waals surface area contributed by atoms with Crippen molar-refractivity contribution in [1.29, 1.82) is 0 Å². The number of rotatable bonds is 1. The van der Waals surface area contributed by atoms with Gasteiger partial charge in [0.25, 0.3) is 0 Å². The van der Waals surface area contributed by atoms with Crippen LogP contribution in [0.5, 0.6) is 0 Å². The standard InChI is InChI=1S/C9H12ClN.C2H6/c1-7-4-5-8(11(2)3)6-9(7)10;1-2/h4-6H,1-3H3;1-2H3. The van der Waals surface area contributed by atoms with E-state index in [1.807, 2.05) is 51.9 Å². The van der Waals surface area contributed by atoms with Gasteiger partial charge in [0.2, 0.25) is 0 Å². The molecule has 1 aromatic carbocycles. The maximum Gasteiger partial charge on any atom is 0.0455 e. The molecule has 1 nitrogen and oxygen atoms in total. The van der Waals surface area contributed by atoms with E-state index in [9.17, 15) is 0 Å². The molecule has 0 saturated heterocycles. The number of benzene rings is 1. The van der Waals surface area contributed by atoms with Crippen LogP contribution < -0.4 is 4.90 Å². The third-order valence-corrected chi connectivity index (χ3v) is 2.08. The molecule has 0 fully saturated rings. The number of hydrogen-bond donors (Lipinski definition) is 0. The Morgan fingerprint density at radius 1 is 1.15 bits per heavy atom. The second-order valence-electron chi connectivity index (χ2n) is 2.83. The zero-order chi connectivity index (χ0) is 10.4. The molecule has 0 aromatic heterocycles. The van der Waals surface area contributed by atoms with Crippen molar-refractivity contribution < 1.29 is 0 Å². The van der Waals surface area contributed by atoms with E-state index >= 15 is 0 Å². The molecule has 0 aliphatic heterocycles. The minimum absolute atomic E-state index is 0.830. The van der Waals surface area contributed by atoms with Crippen LogP contribution in [-0.4, -0.2) is 14.1 Å². The Bertz CT molecular complexity index is 256. The molecule has 0 amide bonds. The van der Waals surface area contributed by atoms with Gasteiger partial charge in [-0.2, -0.15) is 0 Å². The highest BCUT2D eigenvalue weighted by atomic mass is 35.5. The summed E-state index contributed by atoms with van der Waals surface area (Å²) in [5, 5.41) is 0.830. The van der Waals surface area contributed by atoms with Gasteiger partial charge in [0.15, 0.2) is 0 Å². The fraction of sp³-hybridized carbons (Fsp3) is 0.455. The Hall–Kier alpha value is -0.690. The number of aryl methyl sites for hydroxylation is 1. The van der Waals surface area contributed by atoms with E-state index < -0.39 is 0 Å². The van der Waals surface area contributed by atoms with Crippen LogP contribution in [0, 0.1) is 6.92 Å². The minimum Gasteiger partial charge on any atom is -0.378 e.